The number of carbonyl (C=O) groups excluding carboxylic acids is 2. The van der Waals surface area contributed by atoms with Crippen molar-refractivity contribution in [2.45, 2.75) is 32.7 Å². The molecule has 0 radical (unpaired) electrons. The molecule has 0 aromatic heterocycles. The van der Waals surface area contributed by atoms with Crippen molar-refractivity contribution in [2.24, 2.45) is 0 Å². The van der Waals surface area contributed by atoms with Crippen LogP contribution >= 0.6 is 0 Å². The quantitative estimate of drug-likeness (QED) is 0.816. The molecule has 2 amide bonds. The molecule has 1 saturated heterocycles. The fourth-order valence-corrected chi connectivity index (χ4v) is 3.44. The minimum atomic E-state index is -0.563. The van der Waals surface area contributed by atoms with Crippen molar-refractivity contribution in [3.63, 3.8) is 0 Å². The largest absolute Gasteiger partial charge is 0.497 e. The van der Waals surface area contributed by atoms with E-state index in [1.54, 1.807) is 7.11 Å². The normalized spacial score (nSPS) is 16.5. The summed E-state index contributed by atoms with van der Waals surface area (Å²) in [6.45, 7) is 4.22. The zero-order valence-electron chi connectivity index (χ0n) is 15.3. The Morgan fingerprint density at radius 3 is 2.46 bits per heavy atom. The van der Waals surface area contributed by atoms with E-state index in [0.29, 0.717) is 6.42 Å². The van der Waals surface area contributed by atoms with Crippen molar-refractivity contribution in [2.75, 3.05) is 13.7 Å². The van der Waals surface area contributed by atoms with Gasteiger partial charge in [0.15, 0.2) is 0 Å². The van der Waals surface area contributed by atoms with Crippen LogP contribution in [0, 0.1) is 13.8 Å². The highest BCUT2D eigenvalue weighted by Gasteiger charge is 2.38. The third kappa shape index (κ3) is 3.57. The van der Waals surface area contributed by atoms with Gasteiger partial charge in [0.25, 0.3) is 0 Å². The molecule has 1 atom stereocenters. The van der Waals surface area contributed by atoms with Crippen LogP contribution in [0.5, 0.6) is 5.75 Å². The Labute approximate surface area is 153 Å². The Kier molecular flexibility index (Phi) is 5.26. The van der Waals surface area contributed by atoms with Crippen molar-refractivity contribution in [1.29, 1.82) is 0 Å². The molecule has 1 fully saturated rings. The van der Waals surface area contributed by atoms with Crippen LogP contribution in [0.15, 0.2) is 42.5 Å². The van der Waals surface area contributed by atoms with Gasteiger partial charge >= 0.3 is 6.09 Å². The van der Waals surface area contributed by atoms with E-state index in [1.165, 1.54) is 4.90 Å². The summed E-state index contributed by atoms with van der Waals surface area (Å²) in [5, 5.41) is 0. The third-order valence-corrected chi connectivity index (χ3v) is 4.82. The second-order valence-corrected chi connectivity index (χ2v) is 6.51. The van der Waals surface area contributed by atoms with Crippen molar-refractivity contribution < 1.29 is 19.1 Å². The average molecular weight is 353 g/mol. The number of carbonyl (C=O) groups is 2. The topological polar surface area (TPSA) is 55.8 Å². The Balaban J connectivity index is 1.74. The Morgan fingerprint density at radius 1 is 1.19 bits per heavy atom. The molecule has 0 spiro atoms. The molecule has 0 unspecified atom stereocenters. The van der Waals surface area contributed by atoms with Crippen LogP contribution in [0.4, 0.5) is 4.79 Å². The Morgan fingerprint density at radius 2 is 1.85 bits per heavy atom. The molecule has 2 aromatic carbocycles. The maximum Gasteiger partial charge on any atom is 0.417 e. The molecule has 0 saturated carbocycles. The van der Waals surface area contributed by atoms with Crippen molar-refractivity contribution in [3.05, 3.63) is 64.7 Å². The van der Waals surface area contributed by atoms with Crippen LogP contribution in [0.2, 0.25) is 0 Å². The summed E-state index contributed by atoms with van der Waals surface area (Å²) < 4.78 is 10.4. The van der Waals surface area contributed by atoms with Gasteiger partial charge in [-0.3, -0.25) is 4.79 Å². The van der Waals surface area contributed by atoms with E-state index in [9.17, 15) is 9.59 Å². The number of aryl methyl sites for hydroxylation is 2. The molecule has 0 N–H and O–H groups in total. The van der Waals surface area contributed by atoms with E-state index < -0.39 is 6.09 Å². The maximum atomic E-state index is 12.8. The monoisotopic (exact) mass is 353 g/mol. The number of cyclic esters (lactones) is 1. The molecular formula is C21H23NO4. The third-order valence-electron chi connectivity index (χ3n) is 4.82. The maximum absolute atomic E-state index is 12.8. The summed E-state index contributed by atoms with van der Waals surface area (Å²) >= 11 is 0. The van der Waals surface area contributed by atoms with Crippen LogP contribution in [-0.2, 0) is 16.0 Å². The minimum absolute atomic E-state index is 0.204. The molecule has 5 nitrogen and oxygen atoms in total. The minimum Gasteiger partial charge on any atom is -0.497 e. The van der Waals surface area contributed by atoms with Crippen LogP contribution in [0.3, 0.4) is 0 Å². The van der Waals surface area contributed by atoms with Crippen molar-refractivity contribution in [3.8, 4) is 5.75 Å². The fourth-order valence-electron chi connectivity index (χ4n) is 3.44. The lowest BCUT2D eigenvalue weighted by atomic mass is 9.97. The molecule has 5 heteroatoms. The number of methoxy groups -OCH3 is 1. The van der Waals surface area contributed by atoms with E-state index >= 15 is 0 Å². The second kappa shape index (κ2) is 7.60. The van der Waals surface area contributed by atoms with Crippen LogP contribution in [0.1, 0.15) is 34.7 Å². The van der Waals surface area contributed by atoms with Crippen LogP contribution in [0.25, 0.3) is 0 Å². The number of hydrogen-bond acceptors (Lipinski definition) is 4. The molecule has 1 aliphatic rings. The van der Waals surface area contributed by atoms with E-state index in [2.05, 4.69) is 0 Å². The zero-order valence-corrected chi connectivity index (χ0v) is 15.3. The highest BCUT2D eigenvalue weighted by molar-refractivity contribution is 5.93. The summed E-state index contributed by atoms with van der Waals surface area (Å²) in [7, 11) is 1.64. The van der Waals surface area contributed by atoms with E-state index in [4.69, 9.17) is 9.47 Å². The molecule has 1 heterocycles. The van der Waals surface area contributed by atoms with Gasteiger partial charge in [0.05, 0.1) is 7.11 Å². The highest BCUT2D eigenvalue weighted by Crippen LogP contribution is 2.29. The molecule has 3 rings (SSSR count). The first-order chi connectivity index (χ1) is 12.5. The molecule has 2 aromatic rings. The van der Waals surface area contributed by atoms with Gasteiger partial charge in [0.1, 0.15) is 18.4 Å². The molecule has 136 valence electrons. The van der Waals surface area contributed by atoms with E-state index in [-0.39, 0.29) is 25.0 Å². The van der Waals surface area contributed by atoms with Gasteiger partial charge in [-0.1, -0.05) is 30.3 Å². The number of rotatable bonds is 5. The summed E-state index contributed by atoms with van der Waals surface area (Å²) in [5.74, 6) is 0.596. The highest BCUT2D eigenvalue weighted by atomic mass is 16.6. The lowest BCUT2D eigenvalue weighted by molar-refractivity contribution is -0.129. The lowest BCUT2D eigenvalue weighted by Crippen LogP contribution is -2.34. The fraction of sp³-hybridized carbons (Fsp3) is 0.333. The van der Waals surface area contributed by atoms with Gasteiger partial charge in [-0.2, -0.15) is 0 Å². The SMILES string of the molecule is COc1cc(C)c(CCC(=O)N2C(=O)OC[C@H]2c2ccccc2)c(C)c1. The number of hydrogen-bond donors (Lipinski definition) is 0. The molecule has 0 bridgehead atoms. The van der Waals surface area contributed by atoms with E-state index in [0.717, 1.165) is 28.0 Å². The molecule has 1 aliphatic heterocycles. The molecule has 26 heavy (non-hydrogen) atoms. The molecule has 0 aliphatic carbocycles. The standard InChI is InChI=1S/C21H23NO4/c1-14-11-17(25-3)12-15(2)18(14)9-10-20(23)22-19(13-26-21(22)24)16-7-5-4-6-8-16/h4-8,11-12,19H,9-10,13H2,1-3H3/t19-/m0/s1. The Bertz CT molecular complexity index is 793. The van der Waals surface area contributed by atoms with Gasteiger partial charge in [-0.25, -0.2) is 9.69 Å². The number of amides is 2. The van der Waals surface area contributed by atoms with Gasteiger partial charge in [-0.05, 0) is 54.7 Å². The van der Waals surface area contributed by atoms with E-state index in [1.807, 2.05) is 56.3 Å². The van der Waals surface area contributed by atoms with Crippen LogP contribution < -0.4 is 4.74 Å². The van der Waals surface area contributed by atoms with Gasteiger partial charge in [0, 0.05) is 6.42 Å². The Hall–Kier alpha value is -2.82. The molecular weight excluding hydrogens is 330 g/mol. The van der Waals surface area contributed by atoms with Crippen molar-refractivity contribution in [1.82, 2.24) is 4.90 Å². The number of ether oxygens (including phenoxy) is 2. The number of nitrogens with zero attached hydrogens (tertiary/aromatic N) is 1. The van der Waals surface area contributed by atoms with Gasteiger partial charge < -0.3 is 9.47 Å². The second-order valence-electron chi connectivity index (χ2n) is 6.51. The summed E-state index contributed by atoms with van der Waals surface area (Å²) in [5.41, 5.74) is 4.18. The number of imide groups is 1. The van der Waals surface area contributed by atoms with Crippen LogP contribution in [-0.4, -0.2) is 30.6 Å². The lowest BCUT2D eigenvalue weighted by Gasteiger charge is -2.20. The predicted octanol–water partition coefficient (Wildman–Crippen LogP) is 3.96. The first kappa shape index (κ1) is 18.0. The van der Waals surface area contributed by atoms with Gasteiger partial charge in [-0.15, -0.1) is 0 Å². The number of benzene rings is 2. The smallest absolute Gasteiger partial charge is 0.417 e. The first-order valence-electron chi connectivity index (χ1n) is 8.69. The predicted molar refractivity (Wildman–Crippen MR) is 98.2 cm³/mol. The first-order valence-corrected chi connectivity index (χ1v) is 8.69. The zero-order chi connectivity index (χ0) is 18.7. The summed E-state index contributed by atoms with van der Waals surface area (Å²) in [6.07, 6.45) is 0.269. The summed E-state index contributed by atoms with van der Waals surface area (Å²) in [4.78, 5) is 26.1. The summed E-state index contributed by atoms with van der Waals surface area (Å²) in [6, 6.07) is 13.1. The van der Waals surface area contributed by atoms with Gasteiger partial charge in [0.2, 0.25) is 5.91 Å². The van der Waals surface area contributed by atoms with Crippen molar-refractivity contribution >= 4 is 12.0 Å². The average Bonchev–Trinajstić information content (AvgIpc) is 3.03.